The highest BCUT2D eigenvalue weighted by molar-refractivity contribution is 6.30. The van der Waals surface area contributed by atoms with Gasteiger partial charge in [0.1, 0.15) is 6.10 Å². The van der Waals surface area contributed by atoms with Crippen molar-refractivity contribution >= 4 is 22.5 Å². The lowest BCUT2D eigenvalue weighted by Gasteiger charge is -2.21. The number of aromatic nitrogens is 1. The Bertz CT molecular complexity index is 808. The van der Waals surface area contributed by atoms with Crippen LogP contribution in [0.15, 0.2) is 54.6 Å². The van der Waals surface area contributed by atoms with Gasteiger partial charge < -0.3 is 14.2 Å². The number of nitrogens with zero attached hydrogens (tertiary/aromatic N) is 2. The minimum Gasteiger partial charge on any atom is -0.366 e. The molecule has 126 valence electrons. The van der Waals surface area contributed by atoms with Gasteiger partial charge in [0.15, 0.2) is 0 Å². The standard InChI is InChI=1S/C20H23ClN2O/c1-22(2)12-13-24-20(15-8-10-17(21)11-9-15)19-14-16-6-4-5-7-18(16)23(19)3/h4-11,14,20H,12-13H2,1-3H3. The number of hydrogen-bond donors (Lipinski definition) is 0. The van der Waals surface area contributed by atoms with Crippen molar-refractivity contribution in [3.8, 4) is 0 Å². The van der Waals surface area contributed by atoms with E-state index in [1.165, 1.54) is 10.9 Å². The average Bonchev–Trinajstić information content (AvgIpc) is 2.90. The molecule has 3 aromatic rings. The molecule has 0 saturated heterocycles. The molecule has 2 aromatic carbocycles. The molecule has 0 aliphatic heterocycles. The van der Waals surface area contributed by atoms with Gasteiger partial charge in [0.05, 0.1) is 12.3 Å². The lowest BCUT2D eigenvalue weighted by atomic mass is 10.1. The fraction of sp³-hybridized carbons (Fsp3) is 0.300. The van der Waals surface area contributed by atoms with Crippen LogP contribution < -0.4 is 0 Å². The third-order valence-electron chi connectivity index (χ3n) is 4.25. The summed E-state index contributed by atoms with van der Waals surface area (Å²) in [5.41, 5.74) is 3.48. The Hall–Kier alpha value is -1.81. The van der Waals surface area contributed by atoms with Crippen molar-refractivity contribution in [2.24, 2.45) is 7.05 Å². The summed E-state index contributed by atoms with van der Waals surface area (Å²) in [6.07, 6.45) is -0.111. The first kappa shape index (κ1) is 17.0. The molecule has 0 amide bonds. The lowest BCUT2D eigenvalue weighted by molar-refractivity contribution is 0.0647. The van der Waals surface area contributed by atoms with Crippen molar-refractivity contribution in [3.63, 3.8) is 0 Å². The van der Waals surface area contributed by atoms with Gasteiger partial charge in [-0.2, -0.15) is 0 Å². The summed E-state index contributed by atoms with van der Waals surface area (Å²) in [7, 11) is 6.20. The number of rotatable bonds is 6. The largest absolute Gasteiger partial charge is 0.366 e. The molecule has 1 unspecified atom stereocenters. The van der Waals surface area contributed by atoms with E-state index in [0.29, 0.717) is 6.61 Å². The number of fused-ring (bicyclic) bond motifs is 1. The van der Waals surface area contributed by atoms with Gasteiger partial charge >= 0.3 is 0 Å². The molecule has 3 nitrogen and oxygen atoms in total. The summed E-state index contributed by atoms with van der Waals surface area (Å²) in [5.74, 6) is 0. The van der Waals surface area contributed by atoms with Crippen LogP contribution >= 0.6 is 11.6 Å². The van der Waals surface area contributed by atoms with Crippen molar-refractivity contribution in [3.05, 3.63) is 70.9 Å². The third kappa shape index (κ3) is 3.64. The summed E-state index contributed by atoms with van der Waals surface area (Å²) >= 11 is 6.05. The van der Waals surface area contributed by atoms with Crippen LogP contribution in [0, 0.1) is 0 Å². The molecule has 1 heterocycles. The zero-order valence-electron chi connectivity index (χ0n) is 14.4. The van der Waals surface area contributed by atoms with Gasteiger partial charge in [-0.25, -0.2) is 0 Å². The highest BCUT2D eigenvalue weighted by Crippen LogP contribution is 2.31. The summed E-state index contributed by atoms with van der Waals surface area (Å²) < 4.78 is 8.48. The SMILES string of the molecule is CN(C)CCOC(c1ccc(Cl)cc1)c1cc2ccccc2n1C. The molecule has 0 aliphatic rings. The van der Waals surface area contributed by atoms with E-state index in [4.69, 9.17) is 16.3 Å². The van der Waals surface area contributed by atoms with Gasteiger partial charge in [-0.05, 0) is 49.3 Å². The zero-order chi connectivity index (χ0) is 17.1. The quantitative estimate of drug-likeness (QED) is 0.656. The Labute approximate surface area is 148 Å². The Morgan fingerprint density at radius 3 is 2.46 bits per heavy atom. The third-order valence-corrected chi connectivity index (χ3v) is 4.51. The smallest absolute Gasteiger partial charge is 0.123 e. The van der Waals surface area contributed by atoms with Crippen molar-refractivity contribution in [2.45, 2.75) is 6.10 Å². The molecule has 0 aliphatic carbocycles. The summed E-state index contributed by atoms with van der Waals surface area (Å²) in [6.45, 7) is 1.55. The molecule has 0 spiro atoms. The van der Waals surface area contributed by atoms with E-state index >= 15 is 0 Å². The lowest BCUT2D eigenvalue weighted by Crippen LogP contribution is -2.20. The molecule has 3 rings (SSSR count). The van der Waals surface area contributed by atoms with E-state index in [-0.39, 0.29) is 6.10 Å². The molecule has 0 saturated carbocycles. The van der Waals surface area contributed by atoms with E-state index in [1.807, 2.05) is 24.3 Å². The second kappa shape index (κ2) is 7.39. The second-order valence-electron chi connectivity index (χ2n) is 6.29. The van der Waals surface area contributed by atoms with Crippen LogP contribution in [0.2, 0.25) is 5.02 Å². The average molecular weight is 343 g/mol. The van der Waals surface area contributed by atoms with Gasteiger partial charge in [-0.3, -0.25) is 0 Å². The molecule has 0 bridgehead atoms. The predicted molar refractivity (Wildman–Crippen MR) is 101 cm³/mol. The van der Waals surface area contributed by atoms with Gasteiger partial charge in [-0.15, -0.1) is 0 Å². The van der Waals surface area contributed by atoms with Crippen LogP contribution in [0.5, 0.6) is 0 Å². The van der Waals surface area contributed by atoms with Gasteiger partial charge in [0, 0.05) is 24.1 Å². The molecular weight excluding hydrogens is 320 g/mol. The normalized spacial score (nSPS) is 12.9. The van der Waals surface area contributed by atoms with Crippen molar-refractivity contribution in [2.75, 3.05) is 27.2 Å². The first-order valence-electron chi connectivity index (χ1n) is 8.12. The van der Waals surface area contributed by atoms with Gasteiger partial charge in [0.2, 0.25) is 0 Å². The summed E-state index contributed by atoms with van der Waals surface area (Å²) in [4.78, 5) is 2.13. The van der Waals surface area contributed by atoms with Crippen molar-refractivity contribution < 1.29 is 4.74 Å². The topological polar surface area (TPSA) is 17.4 Å². The molecule has 1 aromatic heterocycles. The van der Waals surface area contributed by atoms with Crippen LogP contribution in [0.3, 0.4) is 0 Å². The highest BCUT2D eigenvalue weighted by Gasteiger charge is 2.19. The Balaban J connectivity index is 1.98. The van der Waals surface area contributed by atoms with Crippen molar-refractivity contribution in [1.29, 1.82) is 0 Å². The number of hydrogen-bond acceptors (Lipinski definition) is 2. The minimum atomic E-state index is -0.111. The van der Waals surface area contributed by atoms with Crippen molar-refractivity contribution in [1.82, 2.24) is 9.47 Å². The zero-order valence-corrected chi connectivity index (χ0v) is 15.1. The van der Waals surface area contributed by atoms with E-state index < -0.39 is 0 Å². The van der Waals surface area contributed by atoms with Crippen LogP contribution in [0.25, 0.3) is 10.9 Å². The molecule has 1 atom stereocenters. The number of likely N-dealkylation sites (N-methyl/N-ethyl adjacent to an activating group) is 1. The Morgan fingerprint density at radius 1 is 1.08 bits per heavy atom. The number of para-hydroxylation sites is 1. The highest BCUT2D eigenvalue weighted by atomic mass is 35.5. The first-order chi connectivity index (χ1) is 11.6. The maximum atomic E-state index is 6.27. The molecule has 24 heavy (non-hydrogen) atoms. The second-order valence-corrected chi connectivity index (χ2v) is 6.73. The Morgan fingerprint density at radius 2 is 1.79 bits per heavy atom. The van der Waals surface area contributed by atoms with Gasteiger partial charge in [0.25, 0.3) is 0 Å². The van der Waals surface area contributed by atoms with Crippen LogP contribution in [-0.4, -0.2) is 36.7 Å². The van der Waals surface area contributed by atoms with E-state index in [0.717, 1.165) is 22.8 Å². The molecule has 0 radical (unpaired) electrons. The fourth-order valence-electron chi connectivity index (χ4n) is 2.90. The molecule has 4 heteroatoms. The monoisotopic (exact) mass is 342 g/mol. The van der Waals surface area contributed by atoms with E-state index in [9.17, 15) is 0 Å². The fourth-order valence-corrected chi connectivity index (χ4v) is 3.03. The number of halogens is 1. The Kier molecular flexibility index (Phi) is 5.24. The number of aryl methyl sites for hydroxylation is 1. The first-order valence-corrected chi connectivity index (χ1v) is 8.50. The maximum absolute atomic E-state index is 6.27. The van der Waals surface area contributed by atoms with Crippen LogP contribution in [0.4, 0.5) is 0 Å². The summed E-state index contributed by atoms with van der Waals surface area (Å²) in [6, 6.07) is 18.5. The summed E-state index contributed by atoms with van der Waals surface area (Å²) in [5, 5.41) is 1.97. The maximum Gasteiger partial charge on any atom is 0.123 e. The minimum absolute atomic E-state index is 0.111. The van der Waals surface area contributed by atoms with E-state index in [1.54, 1.807) is 0 Å². The molecule has 0 N–H and O–H groups in total. The number of benzene rings is 2. The van der Waals surface area contributed by atoms with Crippen LogP contribution in [-0.2, 0) is 11.8 Å². The van der Waals surface area contributed by atoms with E-state index in [2.05, 4.69) is 60.9 Å². The van der Waals surface area contributed by atoms with Gasteiger partial charge in [-0.1, -0.05) is 41.9 Å². The molecular formula is C20H23ClN2O. The number of ether oxygens (including phenoxy) is 1. The van der Waals surface area contributed by atoms with Crippen LogP contribution in [0.1, 0.15) is 17.4 Å². The predicted octanol–water partition coefficient (Wildman–Crippen LogP) is 4.50. The molecule has 0 fully saturated rings.